The number of hydrogen-bond donors (Lipinski definition) is 0. The minimum Gasteiger partial charge on any atom is -0.360 e. The molecular formula is C19H19Cl2N3O3S2. The molecule has 2 aromatic heterocycles. The van der Waals surface area contributed by atoms with Crippen LogP contribution in [0.2, 0.25) is 10.0 Å². The van der Waals surface area contributed by atoms with Crippen LogP contribution in [0.5, 0.6) is 0 Å². The van der Waals surface area contributed by atoms with Crippen molar-refractivity contribution < 1.29 is 12.9 Å². The van der Waals surface area contributed by atoms with E-state index in [1.807, 2.05) is 17.5 Å². The van der Waals surface area contributed by atoms with Gasteiger partial charge in [0, 0.05) is 30.0 Å². The molecule has 0 N–H and O–H groups in total. The van der Waals surface area contributed by atoms with Crippen LogP contribution in [0, 0.1) is 13.8 Å². The summed E-state index contributed by atoms with van der Waals surface area (Å²) < 4.78 is 32.5. The lowest BCUT2D eigenvalue weighted by Gasteiger charge is -2.30. The van der Waals surface area contributed by atoms with Gasteiger partial charge >= 0.3 is 0 Å². The van der Waals surface area contributed by atoms with Crippen molar-refractivity contribution >= 4 is 44.6 Å². The standard InChI is InChI=1S/C19H19Cl2N3O3S2/c1-11-18(12(2)27-23-11)29(25,26)24-7-5-13(6-8-24)19-22-17(10-28-19)14-3-4-15(20)16(21)9-14/h3-4,9-10,13H,5-8H2,1-2H3. The highest BCUT2D eigenvalue weighted by molar-refractivity contribution is 7.89. The van der Waals surface area contributed by atoms with E-state index < -0.39 is 10.0 Å². The fraction of sp³-hybridized carbons (Fsp3) is 0.368. The lowest BCUT2D eigenvalue weighted by molar-refractivity contribution is 0.318. The van der Waals surface area contributed by atoms with Crippen LogP contribution in [-0.4, -0.2) is 36.0 Å². The first-order chi connectivity index (χ1) is 13.8. The average molecular weight is 472 g/mol. The summed E-state index contributed by atoms with van der Waals surface area (Å²) in [6.07, 6.45) is 1.44. The Kier molecular flexibility index (Phi) is 5.74. The SMILES string of the molecule is Cc1noc(C)c1S(=O)(=O)N1CCC(c2nc(-c3ccc(Cl)c(Cl)c3)cs2)CC1. The van der Waals surface area contributed by atoms with Crippen molar-refractivity contribution in [1.29, 1.82) is 0 Å². The molecule has 0 saturated carbocycles. The van der Waals surface area contributed by atoms with E-state index >= 15 is 0 Å². The van der Waals surface area contributed by atoms with Gasteiger partial charge in [0.05, 0.1) is 20.7 Å². The van der Waals surface area contributed by atoms with E-state index in [0.717, 1.165) is 29.1 Å². The zero-order valence-electron chi connectivity index (χ0n) is 15.9. The summed E-state index contributed by atoms with van der Waals surface area (Å²) in [6.45, 7) is 4.16. The van der Waals surface area contributed by atoms with Crippen LogP contribution in [0.15, 0.2) is 33.0 Å². The van der Waals surface area contributed by atoms with E-state index in [9.17, 15) is 8.42 Å². The molecule has 0 bridgehead atoms. The Bertz CT molecular complexity index is 1130. The topological polar surface area (TPSA) is 76.3 Å². The first-order valence-electron chi connectivity index (χ1n) is 9.11. The van der Waals surface area contributed by atoms with Crippen LogP contribution >= 0.6 is 34.5 Å². The van der Waals surface area contributed by atoms with E-state index in [0.29, 0.717) is 34.6 Å². The molecule has 1 fully saturated rings. The molecule has 4 rings (SSSR count). The molecule has 1 aromatic carbocycles. The second-order valence-electron chi connectivity index (χ2n) is 7.03. The summed E-state index contributed by atoms with van der Waals surface area (Å²) in [5.74, 6) is 0.559. The van der Waals surface area contributed by atoms with Crippen LogP contribution in [-0.2, 0) is 10.0 Å². The number of sulfonamides is 1. The molecule has 0 amide bonds. The molecule has 1 aliphatic heterocycles. The molecule has 10 heteroatoms. The second-order valence-corrected chi connectivity index (χ2v) is 10.6. The van der Waals surface area contributed by atoms with E-state index in [2.05, 4.69) is 5.16 Å². The highest BCUT2D eigenvalue weighted by Crippen LogP contribution is 2.36. The van der Waals surface area contributed by atoms with E-state index in [1.54, 1.807) is 31.3 Å². The molecule has 6 nitrogen and oxygen atoms in total. The Morgan fingerprint density at radius 3 is 2.52 bits per heavy atom. The van der Waals surface area contributed by atoms with Crippen LogP contribution in [0.1, 0.15) is 35.2 Å². The number of nitrogens with zero attached hydrogens (tertiary/aromatic N) is 3. The van der Waals surface area contributed by atoms with Crippen molar-refractivity contribution in [3.05, 3.63) is 50.1 Å². The highest BCUT2D eigenvalue weighted by Gasteiger charge is 2.34. The van der Waals surface area contributed by atoms with Crippen molar-refractivity contribution in [2.75, 3.05) is 13.1 Å². The maximum atomic E-state index is 13.0. The molecule has 0 aliphatic carbocycles. The Morgan fingerprint density at radius 1 is 1.17 bits per heavy atom. The zero-order chi connectivity index (χ0) is 20.8. The average Bonchev–Trinajstić information content (AvgIpc) is 3.31. The predicted molar refractivity (Wildman–Crippen MR) is 114 cm³/mol. The molecule has 1 aliphatic rings. The molecule has 3 aromatic rings. The van der Waals surface area contributed by atoms with Gasteiger partial charge in [0.25, 0.3) is 0 Å². The predicted octanol–water partition coefficient (Wildman–Crippen LogP) is 5.29. The maximum absolute atomic E-state index is 13.0. The fourth-order valence-corrected chi connectivity index (χ4v) is 6.64. The van der Waals surface area contributed by atoms with Crippen molar-refractivity contribution in [1.82, 2.24) is 14.4 Å². The van der Waals surface area contributed by atoms with Gasteiger partial charge in [-0.05, 0) is 38.8 Å². The minimum atomic E-state index is -3.60. The number of aryl methyl sites for hydroxylation is 2. The third kappa shape index (κ3) is 3.96. The first-order valence-corrected chi connectivity index (χ1v) is 12.2. The molecule has 0 spiro atoms. The lowest BCUT2D eigenvalue weighted by Crippen LogP contribution is -2.38. The van der Waals surface area contributed by atoms with Crippen molar-refractivity contribution in [2.24, 2.45) is 0 Å². The van der Waals surface area contributed by atoms with E-state index in [4.69, 9.17) is 32.7 Å². The van der Waals surface area contributed by atoms with Gasteiger partial charge in [-0.2, -0.15) is 4.31 Å². The van der Waals surface area contributed by atoms with Crippen LogP contribution < -0.4 is 0 Å². The minimum absolute atomic E-state index is 0.187. The molecule has 29 heavy (non-hydrogen) atoms. The van der Waals surface area contributed by atoms with Gasteiger partial charge in [0.2, 0.25) is 10.0 Å². The van der Waals surface area contributed by atoms with Gasteiger partial charge in [-0.25, -0.2) is 13.4 Å². The first kappa shape index (κ1) is 20.8. The molecular weight excluding hydrogens is 453 g/mol. The van der Waals surface area contributed by atoms with Crippen molar-refractivity contribution in [3.8, 4) is 11.3 Å². The number of rotatable bonds is 4. The van der Waals surface area contributed by atoms with Gasteiger partial charge in [0.1, 0.15) is 10.6 Å². The van der Waals surface area contributed by atoms with E-state index in [-0.39, 0.29) is 10.8 Å². The van der Waals surface area contributed by atoms with Gasteiger partial charge in [-0.1, -0.05) is 34.4 Å². The molecule has 0 radical (unpaired) electrons. The van der Waals surface area contributed by atoms with E-state index in [1.165, 1.54) is 4.31 Å². The third-order valence-corrected chi connectivity index (χ3v) is 9.00. The Balaban J connectivity index is 1.48. The largest absolute Gasteiger partial charge is 0.360 e. The fourth-order valence-electron chi connectivity index (χ4n) is 3.58. The quantitative estimate of drug-likeness (QED) is 0.516. The number of thiazole rings is 1. The van der Waals surface area contributed by atoms with Gasteiger partial charge in [0.15, 0.2) is 5.76 Å². The molecule has 1 saturated heterocycles. The van der Waals surface area contributed by atoms with Crippen LogP contribution in [0.25, 0.3) is 11.3 Å². The monoisotopic (exact) mass is 471 g/mol. The molecule has 3 heterocycles. The summed E-state index contributed by atoms with van der Waals surface area (Å²) in [6, 6.07) is 5.46. The zero-order valence-corrected chi connectivity index (χ0v) is 19.0. The number of hydrogen-bond acceptors (Lipinski definition) is 6. The van der Waals surface area contributed by atoms with Crippen LogP contribution in [0.3, 0.4) is 0 Å². The summed E-state index contributed by atoms with van der Waals surface area (Å²) in [5.41, 5.74) is 2.17. The van der Waals surface area contributed by atoms with Gasteiger partial charge in [-0.3, -0.25) is 0 Å². The maximum Gasteiger partial charge on any atom is 0.248 e. The Morgan fingerprint density at radius 2 is 1.90 bits per heavy atom. The Labute approximate surface area is 183 Å². The normalized spacial score (nSPS) is 16.4. The third-order valence-electron chi connectivity index (χ3n) is 5.11. The molecule has 0 unspecified atom stereocenters. The smallest absolute Gasteiger partial charge is 0.248 e. The number of piperidine rings is 1. The van der Waals surface area contributed by atoms with Crippen molar-refractivity contribution in [3.63, 3.8) is 0 Å². The number of benzene rings is 1. The van der Waals surface area contributed by atoms with Crippen molar-refractivity contribution in [2.45, 2.75) is 37.5 Å². The summed E-state index contributed by atoms with van der Waals surface area (Å²) >= 11 is 13.7. The summed E-state index contributed by atoms with van der Waals surface area (Å²) in [4.78, 5) is 4.95. The molecule has 154 valence electrons. The Hall–Kier alpha value is -1.45. The van der Waals surface area contributed by atoms with Gasteiger partial charge in [-0.15, -0.1) is 11.3 Å². The second kappa shape index (κ2) is 8.00. The number of halogens is 2. The highest BCUT2D eigenvalue weighted by atomic mass is 35.5. The van der Waals surface area contributed by atoms with Gasteiger partial charge < -0.3 is 4.52 Å². The van der Waals surface area contributed by atoms with Crippen LogP contribution in [0.4, 0.5) is 0 Å². The lowest BCUT2D eigenvalue weighted by atomic mass is 9.99. The number of aromatic nitrogens is 2. The molecule has 0 atom stereocenters. The summed E-state index contributed by atoms with van der Waals surface area (Å²) in [5, 5.41) is 7.80. The summed E-state index contributed by atoms with van der Waals surface area (Å²) in [7, 11) is -3.60.